The molecule has 0 spiro atoms. The number of amides is 2. The van der Waals surface area contributed by atoms with Crippen LogP contribution in [0.3, 0.4) is 0 Å². The highest BCUT2D eigenvalue weighted by atomic mass is 32.1. The van der Waals surface area contributed by atoms with E-state index in [1.54, 1.807) is 0 Å². The molecule has 1 aromatic carbocycles. The molecule has 2 amide bonds. The Hall–Kier alpha value is -2.67. The molecular formula is C27H34N4O2S. The van der Waals surface area contributed by atoms with E-state index in [1.165, 1.54) is 49.9 Å². The van der Waals surface area contributed by atoms with Gasteiger partial charge in [-0.15, -0.1) is 11.3 Å². The summed E-state index contributed by atoms with van der Waals surface area (Å²) >= 11 is 1.42. The van der Waals surface area contributed by atoms with Gasteiger partial charge in [0.1, 0.15) is 12.4 Å². The van der Waals surface area contributed by atoms with Gasteiger partial charge in [-0.05, 0) is 49.3 Å². The summed E-state index contributed by atoms with van der Waals surface area (Å²) in [6.07, 6.45) is 11.9. The molecule has 2 saturated carbocycles. The number of thiophene rings is 1. The van der Waals surface area contributed by atoms with Crippen LogP contribution in [0.4, 0.5) is 0 Å². The van der Waals surface area contributed by atoms with Gasteiger partial charge in [0.05, 0.1) is 22.5 Å². The first kappa shape index (κ1) is 23.1. The van der Waals surface area contributed by atoms with Crippen molar-refractivity contribution in [2.24, 2.45) is 0 Å². The van der Waals surface area contributed by atoms with Crippen LogP contribution in [-0.4, -0.2) is 38.3 Å². The molecule has 0 unspecified atom stereocenters. The molecule has 5 rings (SSSR count). The smallest absolute Gasteiger partial charge is 0.261 e. The summed E-state index contributed by atoms with van der Waals surface area (Å²) in [7, 11) is 0. The number of hydrogen-bond acceptors (Lipinski definition) is 4. The lowest BCUT2D eigenvalue weighted by atomic mass is 9.88. The number of para-hydroxylation sites is 2. The summed E-state index contributed by atoms with van der Waals surface area (Å²) in [4.78, 5) is 34.2. The van der Waals surface area contributed by atoms with Gasteiger partial charge in [-0.3, -0.25) is 9.59 Å². The van der Waals surface area contributed by atoms with E-state index in [0.717, 1.165) is 42.5 Å². The second-order valence-electron chi connectivity index (χ2n) is 9.65. The van der Waals surface area contributed by atoms with E-state index in [4.69, 9.17) is 4.98 Å². The normalized spacial score (nSPS) is 17.6. The number of benzene rings is 1. The number of imidazole rings is 1. The zero-order valence-electron chi connectivity index (χ0n) is 19.7. The van der Waals surface area contributed by atoms with E-state index in [1.807, 2.05) is 46.3 Å². The van der Waals surface area contributed by atoms with Crippen molar-refractivity contribution in [1.29, 1.82) is 0 Å². The Labute approximate surface area is 205 Å². The minimum atomic E-state index is -0.106. The van der Waals surface area contributed by atoms with Crippen LogP contribution in [-0.2, 0) is 17.9 Å². The van der Waals surface area contributed by atoms with Crippen LogP contribution >= 0.6 is 11.3 Å². The molecule has 2 fully saturated rings. The van der Waals surface area contributed by atoms with Crippen LogP contribution in [0.25, 0.3) is 11.0 Å². The Bertz CT molecular complexity index is 1090. The van der Waals surface area contributed by atoms with E-state index < -0.39 is 0 Å². The van der Waals surface area contributed by atoms with Crippen LogP contribution in [0.15, 0.2) is 41.8 Å². The fraction of sp³-hybridized carbons (Fsp3) is 0.519. The molecule has 6 nitrogen and oxygen atoms in total. The maximum absolute atomic E-state index is 13.9. The van der Waals surface area contributed by atoms with Crippen LogP contribution in [0, 0.1) is 0 Å². The van der Waals surface area contributed by atoms with Crippen molar-refractivity contribution in [2.75, 3.05) is 0 Å². The van der Waals surface area contributed by atoms with Crippen LogP contribution in [0.2, 0.25) is 0 Å². The van der Waals surface area contributed by atoms with Gasteiger partial charge in [-0.2, -0.15) is 0 Å². The monoisotopic (exact) mass is 478 g/mol. The number of nitrogens with zero attached hydrogens (tertiary/aromatic N) is 3. The van der Waals surface area contributed by atoms with Crippen molar-refractivity contribution in [3.8, 4) is 0 Å². The number of aromatic nitrogens is 2. The zero-order valence-corrected chi connectivity index (χ0v) is 20.6. The second kappa shape index (κ2) is 10.7. The number of carbonyl (C=O) groups excluding carboxylic acids is 2. The van der Waals surface area contributed by atoms with Crippen molar-refractivity contribution >= 4 is 34.2 Å². The van der Waals surface area contributed by atoms with Gasteiger partial charge in [0.2, 0.25) is 5.91 Å². The lowest BCUT2D eigenvalue weighted by Crippen LogP contribution is -2.50. The molecular weight excluding hydrogens is 444 g/mol. The lowest BCUT2D eigenvalue weighted by Gasteiger charge is -2.42. The molecule has 0 bridgehead atoms. The molecule has 1 N–H and O–H groups in total. The Kier molecular flexibility index (Phi) is 7.28. The van der Waals surface area contributed by atoms with E-state index in [2.05, 4.69) is 10.2 Å². The van der Waals surface area contributed by atoms with Crippen molar-refractivity contribution in [2.45, 2.75) is 89.4 Å². The Balaban J connectivity index is 1.39. The van der Waals surface area contributed by atoms with Crippen molar-refractivity contribution in [3.63, 3.8) is 0 Å². The summed E-state index contributed by atoms with van der Waals surface area (Å²) in [5, 5.41) is 4.89. The predicted octanol–water partition coefficient (Wildman–Crippen LogP) is 5.52. The Morgan fingerprint density at radius 3 is 2.26 bits per heavy atom. The first-order valence-corrected chi connectivity index (χ1v) is 13.7. The summed E-state index contributed by atoms with van der Waals surface area (Å²) < 4.78 is 2.02. The molecule has 0 radical (unpaired) electrons. The maximum Gasteiger partial charge on any atom is 0.261 e. The predicted molar refractivity (Wildman–Crippen MR) is 136 cm³/mol. The molecule has 0 atom stereocenters. The average molecular weight is 479 g/mol. The third-order valence-corrected chi connectivity index (χ3v) is 8.27. The lowest BCUT2D eigenvalue weighted by molar-refractivity contribution is -0.138. The zero-order chi connectivity index (χ0) is 23.3. The van der Waals surface area contributed by atoms with Crippen molar-refractivity contribution < 1.29 is 9.59 Å². The number of nitrogens with one attached hydrogen (secondary N) is 1. The summed E-state index contributed by atoms with van der Waals surface area (Å²) in [6.45, 7) is 0.573. The van der Waals surface area contributed by atoms with Gasteiger partial charge >= 0.3 is 0 Å². The molecule has 0 saturated heterocycles. The molecule has 180 valence electrons. The third-order valence-electron chi connectivity index (χ3n) is 7.40. The Morgan fingerprint density at radius 2 is 1.62 bits per heavy atom. The molecule has 2 aliphatic carbocycles. The highest BCUT2D eigenvalue weighted by Crippen LogP contribution is 2.31. The Morgan fingerprint density at radius 1 is 0.941 bits per heavy atom. The highest BCUT2D eigenvalue weighted by Gasteiger charge is 2.33. The summed E-state index contributed by atoms with van der Waals surface area (Å²) in [5.74, 6) is 0.824. The van der Waals surface area contributed by atoms with E-state index in [9.17, 15) is 9.59 Å². The molecule has 2 aliphatic rings. The molecule has 34 heavy (non-hydrogen) atoms. The highest BCUT2D eigenvalue weighted by molar-refractivity contribution is 7.12. The van der Waals surface area contributed by atoms with E-state index >= 15 is 0 Å². The molecule has 0 aliphatic heterocycles. The second-order valence-corrected chi connectivity index (χ2v) is 10.6. The number of rotatable bonds is 7. The minimum absolute atomic E-state index is 0.106. The van der Waals surface area contributed by atoms with E-state index in [0.29, 0.717) is 23.5 Å². The topological polar surface area (TPSA) is 67.2 Å². The first-order valence-electron chi connectivity index (χ1n) is 12.8. The first-order chi connectivity index (χ1) is 16.7. The van der Waals surface area contributed by atoms with Crippen LogP contribution in [0.1, 0.15) is 79.7 Å². The fourth-order valence-corrected chi connectivity index (χ4v) is 6.37. The number of fused-ring (bicyclic) bond motifs is 1. The van der Waals surface area contributed by atoms with Gasteiger partial charge in [0, 0.05) is 12.1 Å². The van der Waals surface area contributed by atoms with Gasteiger partial charge in [-0.25, -0.2) is 4.98 Å². The molecule has 2 heterocycles. The van der Waals surface area contributed by atoms with Crippen molar-refractivity contribution in [3.05, 3.63) is 52.5 Å². The molecule has 2 aromatic heterocycles. The standard InChI is InChI=1S/C27H34N4O2S/c32-26(31(20-10-3-1-4-11-20)21-12-5-2-6-13-21)19-30-23-15-8-7-14-22(23)29-25(30)18-28-27(33)24-16-9-17-34-24/h7-9,14-17,20-21H,1-6,10-13,18-19H2,(H,28,33). The average Bonchev–Trinajstić information content (AvgIpc) is 3.53. The van der Waals surface area contributed by atoms with Crippen LogP contribution < -0.4 is 5.32 Å². The molecule has 3 aromatic rings. The van der Waals surface area contributed by atoms with Crippen molar-refractivity contribution in [1.82, 2.24) is 19.8 Å². The molecule has 7 heteroatoms. The van der Waals surface area contributed by atoms with Gasteiger partial charge in [0.15, 0.2) is 0 Å². The summed E-state index contributed by atoms with van der Waals surface area (Å²) in [5.41, 5.74) is 1.81. The van der Waals surface area contributed by atoms with Crippen LogP contribution in [0.5, 0.6) is 0 Å². The SMILES string of the molecule is O=C(NCc1nc2ccccc2n1CC(=O)N(C1CCCCC1)C1CCCCC1)c1cccs1. The van der Waals surface area contributed by atoms with Gasteiger partial charge in [-0.1, -0.05) is 56.7 Å². The maximum atomic E-state index is 13.9. The quantitative estimate of drug-likeness (QED) is 0.486. The fourth-order valence-electron chi connectivity index (χ4n) is 5.73. The largest absolute Gasteiger partial charge is 0.344 e. The van der Waals surface area contributed by atoms with Gasteiger partial charge < -0.3 is 14.8 Å². The summed E-state index contributed by atoms with van der Waals surface area (Å²) in [6, 6.07) is 12.4. The third kappa shape index (κ3) is 5.04. The van der Waals surface area contributed by atoms with E-state index in [-0.39, 0.29) is 18.4 Å². The van der Waals surface area contributed by atoms with Gasteiger partial charge in [0.25, 0.3) is 5.91 Å². The minimum Gasteiger partial charge on any atom is -0.344 e. The number of carbonyl (C=O) groups is 2. The number of hydrogen-bond donors (Lipinski definition) is 1.